The topological polar surface area (TPSA) is 76.7 Å². The summed E-state index contributed by atoms with van der Waals surface area (Å²) in [6, 6.07) is 13.0. The van der Waals surface area contributed by atoms with Crippen LogP contribution in [0.15, 0.2) is 42.5 Å². The highest BCUT2D eigenvalue weighted by molar-refractivity contribution is 7.53. The molecule has 0 aliphatic rings. The Labute approximate surface area is 179 Å². The Morgan fingerprint density at radius 1 is 0.967 bits per heavy atom. The predicted octanol–water partition coefficient (Wildman–Crippen LogP) is 6.78. The number of hydrogen-bond acceptors (Lipinski definition) is 4. The maximum atomic E-state index is 12.7. The predicted molar refractivity (Wildman–Crippen MR) is 124 cm³/mol. The van der Waals surface area contributed by atoms with Crippen LogP contribution in [0.25, 0.3) is 0 Å². The lowest BCUT2D eigenvalue weighted by Crippen LogP contribution is -2.21. The van der Waals surface area contributed by atoms with Crippen molar-refractivity contribution in [2.24, 2.45) is 0 Å². The molecule has 0 aliphatic heterocycles. The molecule has 2 aromatic carbocycles. The molecule has 0 radical (unpaired) electrons. The zero-order valence-corrected chi connectivity index (χ0v) is 19.4. The van der Waals surface area contributed by atoms with Crippen molar-refractivity contribution >= 4 is 25.0 Å². The van der Waals surface area contributed by atoms with E-state index in [1.165, 1.54) is 0 Å². The second kappa shape index (κ2) is 11.3. The fourth-order valence-electron chi connectivity index (χ4n) is 3.26. The van der Waals surface area contributed by atoms with Gasteiger partial charge in [-0.05, 0) is 55.0 Å². The average Bonchev–Trinajstić information content (AvgIpc) is 2.69. The molecule has 0 aromatic heterocycles. The first-order chi connectivity index (χ1) is 14.3. The number of amides is 2. The van der Waals surface area contributed by atoms with Gasteiger partial charge < -0.3 is 19.7 Å². The van der Waals surface area contributed by atoms with Crippen LogP contribution >= 0.6 is 7.60 Å². The number of rotatable bonds is 10. The Morgan fingerprint density at radius 3 is 2.13 bits per heavy atom. The SMILES string of the molecule is CCOP(=O)(Cc1ccc(NC(=O)Nc2c(CC)cccc2C(C)C)cc1)OCC. The Bertz CT molecular complexity index is 871. The standard InChI is InChI=1S/C23H33N2O4P/c1-6-19-10-9-11-21(17(4)5)22(19)25-23(26)24-20-14-12-18(13-15-20)16-30(27,28-7-2)29-8-3/h9-15,17H,6-8,16H2,1-5H3,(H2,24,25,26). The Kier molecular flexibility index (Phi) is 9.09. The number of carbonyl (C=O) groups excluding carboxylic acids is 1. The van der Waals surface area contributed by atoms with Crippen molar-refractivity contribution in [3.8, 4) is 0 Å². The Hall–Kier alpha value is -2.14. The maximum absolute atomic E-state index is 12.7. The number of carbonyl (C=O) groups is 1. The van der Waals surface area contributed by atoms with E-state index in [0.717, 1.165) is 28.8 Å². The zero-order valence-electron chi connectivity index (χ0n) is 18.5. The molecule has 164 valence electrons. The van der Waals surface area contributed by atoms with Crippen molar-refractivity contribution in [3.63, 3.8) is 0 Å². The van der Waals surface area contributed by atoms with Gasteiger partial charge in [-0.25, -0.2) is 4.79 Å². The summed E-state index contributed by atoms with van der Waals surface area (Å²) in [4.78, 5) is 12.6. The summed E-state index contributed by atoms with van der Waals surface area (Å²) in [6.45, 7) is 10.5. The molecule has 30 heavy (non-hydrogen) atoms. The van der Waals surface area contributed by atoms with Crippen LogP contribution in [0, 0.1) is 0 Å². The average molecular weight is 433 g/mol. The van der Waals surface area contributed by atoms with Crippen LogP contribution in [0.3, 0.4) is 0 Å². The van der Waals surface area contributed by atoms with Crippen molar-refractivity contribution in [1.82, 2.24) is 0 Å². The molecule has 6 nitrogen and oxygen atoms in total. The van der Waals surface area contributed by atoms with Gasteiger partial charge in [0.2, 0.25) is 0 Å². The lowest BCUT2D eigenvalue weighted by Gasteiger charge is -2.18. The van der Waals surface area contributed by atoms with E-state index in [9.17, 15) is 9.36 Å². The van der Waals surface area contributed by atoms with Gasteiger partial charge in [-0.15, -0.1) is 0 Å². The summed E-state index contributed by atoms with van der Waals surface area (Å²) >= 11 is 0. The third-order valence-corrected chi connectivity index (χ3v) is 6.72. The van der Waals surface area contributed by atoms with E-state index in [1.807, 2.05) is 30.3 Å². The van der Waals surface area contributed by atoms with Crippen molar-refractivity contribution in [2.45, 2.75) is 53.1 Å². The molecule has 2 amide bonds. The second-order valence-electron chi connectivity index (χ2n) is 7.27. The van der Waals surface area contributed by atoms with Crippen molar-refractivity contribution < 1.29 is 18.4 Å². The molecule has 0 saturated heterocycles. The minimum absolute atomic E-state index is 0.197. The number of urea groups is 1. The summed E-state index contributed by atoms with van der Waals surface area (Å²) in [5.74, 6) is 0.303. The molecule has 0 unspecified atom stereocenters. The molecule has 0 bridgehead atoms. The molecule has 2 rings (SSSR count). The largest absolute Gasteiger partial charge is 0.335 e. The number of hydrogen-bond donors (Lipinski definition) is 2. The summed E-state index contributed by atoms with van der Waals surface area (Å²) in [6.07, 6.45) is 1.04. The smallest absolute Gasteiger partial charge is 0.309 e. The van der Waals surface area contributed by atoms with Crippen molar-refractivity contribution in [2.75, 3.05) is 23.8 Å². The van der Waals surface area contributed by atoms with Crippen LogP contribution in [0.1, 0.15) is 57.2 Å². The first-order valence-corrected chi connectivity index (χ1v) is 12.2. The van der Waals surface area contributed by atoms with E-state index in [4.69, 9.17) is 9.05 Å². The van der Waals surface area contributed by atoms with E-state index >= 15 is 0 Å². The number of para-hydroxylation sites is 1. The molecular formula is C23H33N2O4P. The maximum Gasteiger partial charge on any atom is 0.335 e. The van der Waals surface area contributed by atoms with Gasteiger partial charge in [-0.3, -0.25) is 4.57 Å². The number of aryl methyl sites for hydroxylation is 1. The highest BCUT2D eigenvalue weighted by Gasteiger charge is 2.24. The van der Waals surface area contributed by atoms with Crippen LogP contribution in [0.2, 0.25) is 0 Å². The van der Waals surface area contributed by atoms with Gasteiger partial charge >= 0.3 is 13.6 Å². The number of benzene rings is 2. The van der Waals surface area contributed by atoms with Gasteiger partial charge in [0.15, 0.2) is 0 Å². The molecule has 0 aliphatic carbocycles. The summed E-state index contributed by atoms with van der Waals surface area (Å²) in [5, 5.41) is 5.88. The minimum atomic E-state index is -3.15. The van der Waals surface area contributed by atoms with E-state index in [0.29, 0.717) is 24.8 Å². The van der Waals surface area contributed by atoms with Crippen molar-refractivity contribution in [1.29, 1.82) is 0 Å². The highest BCUT2D eigenvalue weighted by atomic mass is 31.2. The van der Waals surface area contributed by atoms with E-state index in [1.54, 1.807) is 26.0 Å². The van der Waals surface area contributed by atoms with Gasteiger partial charge in [0, 0.05) is 11.4 Å². The molecule has 2 aromatic rings. The Balaban J connectivity index is 2.08. The molecule has 0 atom stereocenters. The molecular weight excluding hydrogens is 399 g/mol. The molecule has 0 spiro atoms. The summed E-state index contributed by atoms with van der Waals surface area (Å²) in [5.41, 5.74) is 4.57. The third-order valence-electron chi connectivity index (χ3n) is 4.66. The Morgan fingerprint density at radius 2 is 1.60 bits per heavy atom. The number of anilines is 2. The second-order valence-corrected chi connectivity index (χ2v) is 9.32. The first kappa shape index (κ1) is 24.1. The number of nitrogens with one attached hydrogen (secondary N) is 2. The lowest BCUT2D eigenvalue weighted by molar-refractivity contribution is 0.219. The van der Waals surface area contributed by atoms with Crippen molar-refractivity contribution in [3.05, 3.63) is 59.2 Å². The van der Waals surface area contributed by atoms with E-state index < -0.39 is 7.60 Å². The zero-order chi connectivity index (χ0) is 22.1. The van der Waals surface area contributed by atoms with Crippen LogP contribution in [0.5, 0.6) is 0 Å². The van der Waals surface area contributed by atoms with E-state index in [-0.39, 0.29) is 12.2 Å². The monoisotopic (exact) mass is 432 g/mol. The molecule has 0 fully saturated rings. The fourth-order valence-corrected chi connectivity index (χ4v) is 4.97. The third kappa shape index (κ3) is 6.69. The van der Waals surface area contributed by atoms with Gasteiger partial charge in [0.05, 0.1) is 19.4 Å². The van der Waals surface area contributed by atoms with Crippen LogP contribution < -0.4 is 10.6 Å². The van der Waals surface area contributed by atoms with Crippen LogP contribution in [-0.2, 0) is 26.2 Å². The molecule has 2 N–H and O–H groups in total. The van der Waals surface area contributed by atoms with E-state index in [2.05, 4.69) is 31.4 Å². The highest BCUT2D eigenvalue weighted by Crippen LogP contribution is 2.51. The fraction of sp³-hybridized carbons (Fsp3) is 0.435. The lowest BCUT2D eigenvalue weighted by atomic mass is 9.96. The van der Waals surface area contributed by atoms with Gasteiger partial charge in [0.1, 0.15) is 0 Å². The van der Waals surface area contributed by atoms with Gasteiger partial charge in [-0.1, -0.05) is 51.1 Å². The molecule has 0 saturated carbocycles. The first-order valence-electron chi connectivity index (χ1n) is 10.5. The van der Waals surface area contributed by atoms with Gasteiger partial charge in [0.25, 0.3) is 0 Å². The van der Waals surface area contributed by atoms with Crippen LogP contribution in [-0.4, -0.2) is 19.2 Å². The summed E-state index contributed by atoms with van der Waals surface area (Å²) in [7, 11) is -3.15. The normalized spacial score (nSPS) is 11.5. The molecule has 0 heterocycles. The van der Waals surface area contributed by atoms with Gasteiger partial charge in [-0.2, -0.15) is 0 Å². The summed E-state index contributed by atoms with van der Waals surface area (Å²) < 4.78 is 23.4. The quantitative estimate of drug-likeness (QED) is 0.406. The van der Waals surface area contributed by atoms with Crippen LogP contribution in [0.4, 0.5) is 16.2 Å². The molecule has 7 heteroatoms. The minimum Gasteiger partial charge on any atom is -0.309 e.